The number of rotatable bonds is 3. The lowest BCUT2D eigenvalue weighted by atomic mass is 10.1. The molecular formula is C17H16F3N3O3. The van der Waals surface area contributed by atoms with E-state index in [1.165, 1.54) is 19.1 Å². The highest BCUT2D eigenvalue weighted by molar-refractivity contribution is 5.65. The highest BCUT2D eigenvalue weighted by atomic mass is 19.4. The van der Waals surface area contributed by atoms with Gasteiger partial charge in [-0.2, -0.15) is 13.2 Å². The summed E-state index contributed by atoms with van der Waals surface area (Å²) in [6, 6.07) is 8.76. The number of carbonyl (C=O) groups is 1. The van der Waals surface area contributed by atoms with Gasteiger partial charge in [0.1, 0.15) is 17.5 Å². The van der Waals surface area contributed by atoms with Crippen molar-refractivity contribution in [3.63, 3.8) is 0 Å². The Kier molecular flexibility index (Phi) is 4.62. The van der Waals surface area contributed by atoms with Crippen molar-refractivity contribution in [2.24, 2.45) is 0 Å². The average molecular weight is 367 g/mol. The fourth-order valence-electron chi connectivity index (χ4n) is 2.49. The lowest BCUT2D eigenvalue weighted by Gasteiger charge is -2.39. The molecule has 1 fully saturated rings. The molecule has 2 heterocycles. The first-order valence-corrected chi connectivity index (χ1v) is 7.75. The SMILES string of the molecule is Cc1cc(N2CC(OC(=O)Oc3ccc(N)cc3)C2)cc(C(F)(F)F)n1. The number of hydrogen-bond donors (Lipinski definition) is 1. The molecule has 1 aliphatic heterocycles. The first-order chi connectivity index (χ1) is 12.2. The van der Waals surface area contributed by atoms with Crippen molar-refractivity contribution in [3.05, 3.63) is 47.8 Å². The van der Waals surface area contributed by atoms with Gasteiger partial charge in [-0.1, -0.05) is 0 Å². The van der Waals surface area contributed by atoms with Crippen molar-refractivity contribution in [3.8, 4) is 5.75 Å². The molecule has 0 amide bonds. The van der Waals surface area contributed by atoms with Crippen LogP contribution in [0.2, 0.25) is 0 Å². The second-order valence-corrected chi connectivity index (χ2v) is 5.92. The van der Waals surface area contributed by atoms with Crippen LogP contribution >= 0.6 is 0 Å². The molecule has 0 saturated carbocycles. The number of hydrogen-bond acceptors (Lipinski definition) is 6. The zero-order chi connectivity index (χ0) is 18.9. The fourth-order valence-corrected chi connectivity index (χ4v) is 2.49. The van der Waals surface area contributed by atoms with E-state index >= 15 is 0 Å². The van der Waals surface area contributed by atoms with Crippen LogP contribution in [0.5, 0.6) is 5.75 Å². The van der Waals surface area contributed by atoms with Gasteiger partial charge in [0.25, 0.3) is 0 Å². The van der Waals surface area contributed by atoms with Gasteiger partial charge in [0, 0.05) is 17.1 Å². The minimum atomic E-state index is -4.51. The molecule has 3 rings (SSSR count). The summed E-state index contributed by atoms with van der Waals surface area (Å²) in [6.07, 6.45) is -5.84. The Morgan fingerprint density at radius 3 is 2.50 bits per heavy atom. The Morgan fingerprint density at radius 2 is 1.88 bits per heavy atom. The van der Waals surface area contributed by atoms with Gasteiger partial charge in [0.2, 0.25) is 0 Å². The summed E-state index contributed by atoms with van der Waals surface area (Å²) in [6.45, 7) is 2.05. The van der Waals surface area contributed by atoms with E-state index in [-0.39, 0.29) is 18.8 Å². The largest absolute Gasteiger partial charge is 0.514 e. The van der Waals surface area contributed by atoms with Crippen molar-refractivity contribution in [1.82, 2.24) is 4.98 Å². The van der Waals surface area contributed by atoms with Gasteiger partial charge in [0.05, 0.1) is 13.1 Å². The molecule has 26 heavy (non-hydrogen) atoms. The Morgan fingerprint density at radius 1 is 1.23 bits per heavy atom. The first-order valence-electron chi connectivity index (χ1n) is 7.75. The van der Waals surface area contributed by atoms with Crippen LogP contribution in [0, 0.1) is 6.92 Å². The minimum Gasteiger partial charge on any atom is -0.427 e. The van der Waals surface area contributed by atoms with E-state index in [1.807, 2.05) is 0 Å². The molecule has 1 aromatic heterocycles. The number of benzene rings is 1. The monoisotopic (exact) mass is 367 g/mol. The average Bonchev–Trinajstić information content (AvgIpc) is 2.51. The molecule has 0 bridgehead atoms. The first kappa shape index (κ1) is 17.8. The number of aryl methyl sites for hydroxylation is 1. The zero-order valence-electron chi connectivity index (χ0n) is 13.8. The molecule has 6 nitrogen and oxygen atoms in total. The molecule has 0 spiro atoms. The topological polar surface area (TPSA) is 77.7 Å². The number of ether oxygens (including phenoxy) is 2. The van der Waals surface area contributed by atoms with Crippen LogP contribution in [0.4, 0.5) is 29.3 Å². The van der Waals surface area contributed by atoms with Gasteiger partial charge in [-0.15, -0.1) is 0 Å². The van der Waals surface area contributed by atoms with Gasteiger partial charge in [-0.25, -0.2) is 9.78 Å². The highest BCUT2D eigenvalue weighted by Gasteiger charge is 2.36. The number of nitrogen functional groups attached to an aromatic ring is 1. The van der Waals surface area contributed by atoms with Crippen molar-refractivity contribution >= 4 is 17.5 Å². The van der Waals surface area contributed by atoms with Crippen LogP contribution in [0.25, 0.3) is 0 Å². The van der Waals surface area contributed by atoms with Crippen LogP contribution in [-0.4, -0.2) is 30.3 Å². The number of anilines is 2. The Bertz CT molecular complexity index is 803. The maximum atomic E-state index is 12.8. The molecule has 0 radical (unpaired) electrons. The maximum Gasteiger partial charge on any atom is 0.514 e. The Labute approximate surface area is 147 Å². The second kappa shape index (κ2) is 6.74. The molecule has 1 saturated heterocycles. The molecule has 0 aliphatic carbocycles. The molecule has 0 atom stereocenters. The molecule has 138 valence electrons. The number of pyridine rings is 1. The normalized spacial score (nSPS) is 14.7. The Hall–Kier alpha value is -2.97. The maximum absolute atomic E-state index is 12.8. The summed E-state index contributed by atoms with van der Waals surface area (Å²) in [7, 11) is 0. The zero-order valence-corrected chi connectivity index (χ0v) is 13.8. The van der Waals surface area contributed by atoms with Gasteiger partial charge >= 0.3 is 12.3 Å². The number of aromatic nitrogens is 1. The third kappa shape index (κ3) is 4.16. The van der Waals surface area contributed by atoms with Gasteiger partial charge < -0.3 is 20.1 Å². The van der Waals surface area contributed by atoms with E-state index in [9.17, 15) is 18.0 Å². The smallest absolute Gasteiger partial charge is 0.427 e. The third-order valence-electron chi connectivity index (χ3n) is 3.79. The molecule has 1 aromatic carbocycles. The van der Waals surface area contributed by atoms with Gasteiger partial charge in [-0.05, 0) is 43.3 Å². The standard InChI is InChI=1S/C17H16F3N3O3/c1-10-6-12(7-15(22-10)17(18,19)20)23-8-14(9-23)26-16(24)25-13-4-2-11(21)3-5-13/h2-7,14H,8-9,21H2,1H3. The summed E-state index contributed by atoms with van der Waals surface area (Å²) in [5.74, 6) is 0.292. The summed E-state index contributed by atoms with van der Waals surface area (Å²) in [4.78, 5) is 16.9. The molecular weight excluding hydrogens is 351 g/mol. The summed E-state index contributed by atoms with van der Waals surface area (Å²) < 4.78 is 48.7. The van der Waals surface area contributed by atoms with E-state index in [2.05, 4.69) is 4.98 Å². The third-order valence-corrected chi connectivity index (χ3v) is 3.79. The molecule has 1 aliphatic rings. The van der Waals surface area contributed by atoms with E-state index in [1.54, 1.807) is 23.1 Å². The minimum absolute atomic E-state index is 0.266. The highest BCUT2D eigenvalue weighted by Crippen LogP contribution is 2.32. The molecule has 2 aromatic rings. The predicted octanol–water partition coefficient (Wildman–Crippen LogP) is 3.40. The van der Waals surface area contributed by atoms with Crippen molar-refractivity contribution in [2.75, 3.05) is 23.7 Å². The molecule has 0 unspecified atom stereocenters. The van der Waals surface area contributed by atoms with E-state index in [0.717, 1.165) is 6.07 Å². The second-order valence-electron chi connectivity index (χ2n) is 5.92. The quantitative estimate of drug-likeness (QED) is 0.509. The predicted molar refractivity (Wildman–Crippen MR) is 87.9 cm³/mol. The molecule has 2 N–H and O–H groups in total. The summed E-state index contributed by atoms with van der Waals surface area (Å²) >= 11 is 0. The van der Waals surface area contributed by atoms with Crippen molar-refractivity contribution < 1.29 is 27.4 Å². The van der Waals surface area contributed by atoms with Crippen molar-refractivity contribution in [1.29, 1.82) is 0 Å². The number of alkyl halides is 3. The van der Waals surface area contributed by atoms with Crippen LogP contribution in [0.1, 0.15) is 11.4 Å². The number of carbonyl (C=O) groups excluding carboxylic acids is 1. The van der Waals surface area contributed by atoms with Crippen LogP contribution in [0.15, 0.2) is 36.4 Å². The van der Waals surface area contributed by atoms with E-state index in [4.69, 9.17) is 15.2 Å². The Balaban J connectivity index is 1.55. The fraction of sp³-hybridized carbons (Fsp3) is 0.294. The lowest BCUT2D eigenvalue weighted by Crippen LogP contribution is -2.53. The van der Waals surface area contributed by atoms with Gasteiger partial charge in [0.15, 0.2) is 0 Å². The summed E-state index contributed by atoms with van der Waals surface area (Å²) in [5.41, 5.74) is 5.78. The van der Waals surface area contributed by atoms with Crippen LogP contribution < -0.4 is 15.4 Å². The van der Waals surface area contributed by atoms with E-state index < -0.39 is 24.1 Å². The lowest BCUT2D eigenvalue weighted by molar-refractivity contribution is -0.141. The van der Waals surface area contributed by atoms with Crippen LogP contribution in [0.3, 0.4) is 0 Å². The summed E-state index contributed by atoms with van der Waals surface area (Å²) in [5, 5.41) is 0. The number of nitrogens with zero attached hydrogens (tertiary/aromatic N) is 2. The van der Waals surface area contributed by atoms with Gasteiger partial charge in [-0.3, -0.25) is 0 Å². The van der Waals surface area contributed by atoms with E-state index in [0.29, 0.717) is 17.1 Å². The van der Waals surface area contributed by atoms with Crippen molar-refractivity contribution in [2.45, 2.75) is 19.2 Å². The number of halogens is 3. The van der Waals surface area contributed by atoms with Crippen LogP contribution in [-0.2, 0) is 10.9 Å². The molecule has 9 heteroatoms. The number of nitrogens with two attached hydrogens (primary N) is 1.